The fraction of sp³-hybridized carbons (Fsp3) is 0.167. The van der Waals surface area contributed by atoms with Gasteiger partial charge >= 0.3 is 0 Å². The van der Waals surface area contributed by atoms with Crippen LogP contribution in [0.2, 0.25) is 0 Å². The lowest BCUT2D eigenvalue weighted by Crippen LogP contribution is -1.91. The van der Waals surface area contributed by atoms with Crippen LogP contribution in [-0.4, -0.2) is 0 Å². The SMILES string of the molecule is Brc1ccc(COCc2ccc(Br)s2)cc1. The Morgan fingerprint density at radius 2 is 1.69 bits per heavy atom. The lowest BCUT2D eigenvalue weighted by molar-refractivity contribution is 0.109. The maximum atomic E-state index is 5.63. The largest absolute Gasteiger partial charge is 0.371 e. The molecule has 0 bridgehead atoms. The summed E-state index contributed by atoms with van der Waals surface area (Å²) >= 11 is 8.55. The van der Waals surface area contributed by atoms with Crippen molar-refractivity contribution in [3.8, 4) is 0 Å². The molecule has 0 atom stereocenters. The summed E-state index contributed by atoms with van der Waals surface area (Å²) in [5, 5.41) is 0. The second-order valence-electron chi connectivity index (χ2n) is 3.33. The minimum Gasteiger partial charge on any atom is -0.371 e. The second kappa shape index (κ2) is 5.96. The summed E-state index contributed by atoms with van der Waals surface area (Å²) in [7, 11) is 0. The third-order valence-electron chi connectivity index (χ3n) is 2.06. The molecular formula is C12H10Br2OS. The average Bonchev–Trinajstić information content (AvgIpc) is 2.67. The molecule has 2 aromatic rings. The van der Waals surface area contributed by atoms with Gasteiger partial charge in [0, 0.05) is 9.35 Å². The van der Waals surface area contributed by atoms with Crippen LogP contribution in [0.5, 0.6) is 0 Å². The fourth-order valence-corrected chi connectivity index (χ4v) is 2.96. The number of thiophene rings is 1. The topological polar surface area (TPSA) is 9.23 Å². The highest BCUT2D eigenvalue weighted by Crippen LogP contribution is 2.23. The predicted molar refractivity (Wildman–Crippen MR) is 74.7 cm³/mol. The summed E-state index contributed by atoms with van der Waals surface area (Å²) in [5.41, 5.74) is 1.19. The molecule has 1 heterocycles. The van der Waals surface area contributed by atoms with Crippen molar-refractivity contribution < 1.29 is 4.74 Å². The van der Waals surface area contributed by atoms with Crippen molar-refractivity contribution in [3.05, 3.63) is 55.1 Å². The van der Waals surface area contributed by atoms with Crippen molar-refractivity contribution in [1.82, 2.24) is 0 Å². The monoisotopic (exact) mass is 360 g/mol. The predicted octanol–water partition coefficient (Wildman–Crippen LogP) is 4.99. The van der Waals surface area contributed by atoms with E-state index in [1.165, 1.54) is 10.4 Å². The molecule has 1 aromatic carbocycles. The Morgan fingerprint density at radius 1 is 0.938 bits per heavy atom. The molecule has 1 nitrogen and oxygen atoms in total. The molecule has 0 aliphatic heterocycles. The normalized spacial score (nSPS) is 10.6. The molecule has 0 saturated heterocycles. The molecule has 0 aliphatic rings. The number of hydrogen-bond acceptors (Lipinski definition) is 2. The molecule has 84 valence electrons. The van der Waals surface area contributed by atoms with E-state index in [0.717, 1.165) is 8.26 Å². The van der Waals surface area contributed by atoms with E-state index >= 15 is 0 Å². The smallest absolute Gasteiger partial charge is 0.0814 e. The Hall–Kier alpha value is -0.160. The molecule has 16 heavy (non-hydrogen) atoms. The van der Waals surface area contributed by atoms with E-state index < -0.39 is 0 Å². The van der Waals surface area contributed by atoms with Crippen molar-refractivity contribution in [2.24, 2.45) is 0 Å². The van der Waals surface area contributed by atoms with Gasteiger partial charge in [0.05, 0.1) is 17.0 Å². The second-order valence-corrected chi connectivity index (χ2v) is 6.79. The molecule has 0 saturated carbocycles. The zero-order chi connectivity index (χ0) is 11.4. The summed E-state index contributed by atoms with van der Waals surface area (Å²) in [6.07, 6.45) is 0. The highest BCUT2D eigenvalue weighted by Gasteiger charge is 1.98. The molecule has 0 radical (unpaired) electrons. The Bertz CT molecular complexity index is 450. The van der Waals surface area contributed by atoms with Gasteiger partial charge in [-0.2, -0.15) is 0 Å². The summed E-state index contributed by atoms with van der Waals surface area (Å²) in [5.74, 6) is 0. The van der Waals surface area contributed by atoms with Crippen LogP contribution in [0.15, 0.2) is 44.7 Å². The van der Waals surface area contributed by atoms with Crippen LogP contribution in [0.4, 0.5) is 0 Å². The van der Waals surface area contributed by atoms with E-state index in [9.17, 15) is 0 Å². The molecule has 0 spiro atoms. The minimum atomic E-state index is 0.656. The van der Waals surface area contributed by atoms with Crippen LogP contribution in [0.25, 0.3) is 0 Å². The molecule has 0 fully saturated rings. The highest BCUT2D eigenvalue weighted by molar-refractivity contribution is 9.11. The van der Waals surface area contributed by atoms with Crippen LogP contribution in [0.1, 0.15) is 10.4 Å². The Balaban J connectivity index is 1.82. The van der Waals surface area contributed by atoms with Crippen LogP contribution < -0.4 is 0 Å². The van der Waals surface area contributed by atoms with E-state index in [1.807, 2.05) is 18.2 Å². The van der Waals surface area contributed by atoms with Gasteiger partial charge in [-0.15, -0.1) is 11.3 Å². The Morgan fingerprint density at radius 3 is 2.31 bits per heavy atom. The fourth-order valence-electron chi connectivity index (χ4n) is 1.28. The first-order valence-corrected chi connectivity index (χ1v) is 7.21. The number of benzene rings is 1. The van der Waals surface area contributed by atoms with E-state index in [-0.39, 0.29) is 0 Å². The van der Waals surface area contributed by atoms with Gasteiger partial charge < -0.3 is 4.74 Å². The van der Waals surface area contributed by atoms with Crippen molar-refractivity contribution in [1.29, 1.82) is 0 Å². The van der Waals surface area contributed by atoms with Gasteiger partial charge in [0.15, 0.2) is 0 Å². The molecule has 4 heteroatoms. The van der Waals surface area contributed by atoms with E-state index in [4.69, 9.17) is 4.74 Å². The molecule has 2 rings (SSSR count). The van der Waals surface area contributed by atoms with Crippen LogP contribution in [-0.2, 0) is 18.0 Å². The first-order chi connectivity index (χ1) is 7.74. The lowest BCUT2D eigenvalue weighted by Gasteiger charge is -2.02. The maximum Gasteiger partial charge on any atom is 0.0814 e. The molecular weight excluding hydrogens is 352 g/mol. The molecule has 0 amide bonds. The van der Waals surface area contributed by atoms with Crippen molar-refractivity contribution in [2.75, 3.05) is 0 Å². The number of halogens is 2. The Labute approximate surface area is 116 Å². The first-order valence-electron chi connectivity index (χ1n) is 4.80. The summed E-state index contributed by atoms with van der Waals surface area (Å²) in [6.45, 7) is 1.33. The molecule has 0 unspecified atom stereocenters. The lowest BCUT2D eigenvalue weighted by atomic mass is 10.2. The van der Waals surface area contributed by atoms with Crippen LogP contribution in [0, 0.1) is 0 Å². The minimum absolute atomic E-state index is 0.656. The zero-order valence-corrected chi connectivity index (χ0v) is 12.4. The number of hydrogen-bond donors (Lipinski definition) is 0. The van der Waals surface area contributed by atoms with Gasteiger partial charge in [-0.1, -0.05) is 28.1 Å². The van der Waals surface area contributed by atoms with Crippen LogP contribution >= 0.6 is 43.2 Å². The zero-order valence-electron chi connectivity index (χ0n) is 8.45. The third kappa shape index (κ3) is 3.70. The summed E-state index contributed by atoms with van der Waals surface area (Å²) in [6, 6.07) is 12.3. The van der Waals surface area contributed by atoms with Gasteiger partial charge in [0.25, 0.3) is 0 Å². The van der Waals surface area contributed by atoms with Crippen LogP contribution in [0.3, 0.4) is 0 Å². The maximum absolute atomic E-state index is 5.63. The number of ether oxygens (including phenoxy) is 1. The van der Waals surface area contributed by atoms with Gasteiger partial charge in [-0.05, 0) is 45.8 Å². The summed E-state index contributed by atoms with van der Waals surface area (Å²) in [4.78, 5) is 1.24. The van der Waals surface area contributed by atoms with Gasteiger partial charge in [0.1, 0.15) is 0 Å². The Kier molecular flexibility index (Phi) is 4.58. The van der Waals surface area contributed by atoms with E-state index in [0.29, 0.717) is 13.2 Å². The van der Waals surface area contributed by atoms with E-state index in [1.54, 1.807) is 11.3 Å². The number of rotatable bonds is 4. The highest BCUT2D eigenvalue weighted by atomic mass is 79.9. The van der Waals surface area contributed by atoms with Gasteiger partial charge in [-0.3, -0.25) is 0 Å². The standard InChI is InChI=1S/C12H10Br2OS/c13-10-3-1-9(2-4-10)7-15-8-11-5-6-12(14)16-11/h1-6H,7-8H2. The van der Waals surface area contributed by atoms with Gasteiger partial charge in [0.2, 0.25) is 0 Å². The molecule has 0 N–H and O–H groups in total. The van der Waals surface area contributed by atoms with Crippen molar-refractivity contribution in [2.45, 2.75) is 13.2 Å². The van der Waals surface area contributed by atoms with Gasteiger partial charge in [-0.25, -0.2) is 0 Å². The quantitative estimate of drug-likeness (QED) is 0.745. The first kappa shape index (κ1) is 12.3. The third-order valence-corrected chi connectivity index (χ3v) is 4.18. The summed E-state index contributed by atoms with van der Waals surface area (Å²) < 4.78 is 7.88. The van der Waals surface area contributed by atoms with Crippen molar-refractivity contribution in [3.63, 3.8) is 0 Å². The van der Waals surface area contributed by atoms with Crippen molar-refractivity contribution >= 4 is 43.2 Å². The molecule has 1 aromatic heterocycles. The van der Waals surface area contributed by atoms with E-state index in [2.05, 4.69) is 50.1 Å². The molecule has 0 aliphatic carbocycles. The average molecular weight is 362 g/mol.